The quantitative estimate of drug-likeness (QED) is 0.629. The first kappa shape index (κ1) is 16.9. The van der Waals surface area contributed by atoms with Crippen molar-refractivity contribution in [1.29, 1.82) is 0 Å². The molecule has 0 radical (unpaired) electrons. The van der Waals surface area contributed by atoms with Gasteiger partial charge in [0.15, 0.2) is 0 Å². The Kier molecular flexibility index (Phi) is 6.54. The molecule has 122 valence electrons. The van der Waals surface area contributed by atoms with Crippen LogP contribution in [0, 0.1) is 0 Å². The summed E-state index contributed by atoms with van der Waals surface area (Å²) in [5, 5.41) is 1.16. The zero-order chi connectivity index (χ0) is 16.5. The van der Waals surface area contributed by atoms with Crippen LogP contribution in [0.2, 0.25) is 0 Å². The van der Waals surface area contributed by atoms with E-state index in [1.807, 2.05) is 18.2 Å². The lowest BCUT2D eigenvalue weighted by molar-refractivity contribution is -0.156. The number of benzene rings is 1. The summed E-state index contributed by atoms with van der Waals surface area (Å²) in [6.45, 7) is 1.25. The lowest BCUT2D eigenvalue weighted by Crippen LogP contribution is -2.25. The van der Waals surface area contributed by atoms with Crippen LogP contribution in [0.25, 0.3) is 10.9 Å². The molecule has 1 N–H and O–H groups in total. The summed E-state index contributed by atoms with van der Waals surface area (Å²) in [7, 11) is 0. The van der Waals surface area contributed by atoms with Gasteiger partial charge in [-0.15, -0.1) is 0 Å². The van der Waals surface area contributed by atoms with E-state index in [2.05, 4.69) is 33.5 Å². The Bertz CT molecular complexity index is 670. The molecular formula is C18H22N2O3. The zero-order valence-electron chi connectivity index (χ0n) is 13.4. The summed E-state index contributed by atoms with van der Waals surface area (Å²) >= 11 is 0. The first-order chi connectivity index (χ1) is 11.1. The van der Waals surface area contributed by atoms with E-state index in [0.29, 0.717) is 6.42 Å². The lowest BCUT2D eigenvalue weighted by atomic mass is 10.1. The molecule has 2 rings (SSSR count). The van der Waals surface area contributed by atoms with Crippen LogP contribution in [-0.2, 0) is 20.8 Å². The predicted molar refractivity (Wildman–Crippen MR) is 88.4 cm³/mol. The fourth-order valence-corrected chi connectivity index (χ4v) is 2.37. The van der Waals surface area contributed by atoms with Gasteiger partial charge in [-0.25, -0.2) is 0 Å². The van der Waals surface area contributed by atoms with Gasteiger partial charge >= 0.3 is 5.97 Å². The minimum atomic E-state index is -0.513. The summed E-state index contributed by atoms with van der Waals surface area (Å²) in [5.74, 6) is -0.766. The third kappa shape index (κ3) is 6.06. The van der Waals surface area contributed by atoms with Crippen LogP contribution in [-0.4, -0.2) is 16.9 Å². The van der Waals surface area contributed by atoms with Crippen LogP contribution in [0.4, 0.5) is 0 Å². The molecule has 5 nitrogen and oxygen atoms in total. The first-order valence-corrected chi connectivity index (χ1v) is 7.96. The number of nitrogens with zero attached hydrogens (tertiary/aromatic N) is 1. The molecule has 0 spiro atoms. The number of hydrogen-bond donors (Lipinski definition) is 1. The van der Waals surface area contributed by atoms with Crippen LogP contribution in [0.1, 0.15) is 44.7 Å². The van der Waals surface area contributed by atoms with Gasteiger partial charge in [-0.1, -0.05) is 37.1 Å². The molecule has 0 bridgehead atoms. The maximum atomic E-state index is 11.3. The molecular weight excluding hydrogens is 292 g/mol. The number of para-hydroxylation sites is 1. The van der Waals surface area contributed by atoms with Crippen LogP contribution in [0.15, 0.2) is 36.4 Å². The summed E-state index contributed by atoms with van der Waals surface area (Å²) in [6, 6.07) is 12.3. The van der Waals surface area contributed by atoms with Crippen LogP contribution in [0.3, 0.4) is 0 Å². The van der Waals surface area contributed by atoms with E-state index in [-0.39, 0.29) is 5.91 Å². The second-order valence-electron chi connectivity index (χ2n) is 5.53. The molecule has 0 aliphatic rings. The Morgan fingerprint density at radius 3 is 2.65 bits per heavy atom. The van der Waals surface area contributed by atoms with E-state index in [9.17, 15) is 9.59 Å². The summed E-state index contributed by atoms with van der Waals surface area (Å²) in [6.07, 6.45) is 5.19. The highest BCUT2D eigenvalue weighted by atomic mass is 16.7. The number of pyridine rings is 1. The highest BCUT2D eigenvalue weighted by Gasteiger charge is 2.03. The van der Waals surface area contributed by atoms with Gasteiger partial charge in [0, 0.05) is 24.4 Å². The number of carbonyl (C=O) groups is 2. The van der Waals surface area contributed by atoms with Gasteiger partial charge in [-0.05, 0) is 31.4 Å². The molecule has 0 saturated heterocycles. The van der Waals surface area contributed by atoms with Crippen molar-refractivity contribution < 1.29 is 14.4 Å². The molecule has 0 aliphatic carbocycles. The van der Waals surface area contributed by atoms with Crippen LogP contribution >= 0.6 is 0 Å². The number of unbranched alkanes of at least 4 members (excludes halogenated alkanes) is 3. The predicted octanol–water partition coefficient (Wildman–Crippen LogP) is 3.32. The summed E-state index contributed by atoms with van der Waals surface area (Å²) < 4.78 is 0. The third-order valence-corrected chi connectivity index (χ3v) is 3.55. The number of rotatable bonds is 7. The van der Waals surface area contributed by atoms with Gasteiger partial charge in [0.05, 0.1) is 5.52 Å². The largest absolute Gasteiger partial charge is 0.341 e. The lowest BCUT2D eigenvalue weighted by Gasteiger charge is -2.04. The first-order valence-electron chi connectivity index (χ1n) is 7.96. The highest BCUT2D eigenvalue weighted by molar-refractivity contribution is 5.78. The molecule has 1 amide bonds. The van der Waals surface area contributed by atoms with Crippen LogP contribution in [0.5, 0.6) is 0 Å². The van der Waals surface area contributed by atoms with Gasteiger partial charge in [0.25, 0.3) is 5.91 Å². The SMILES string of the molecule is CC(=O)ONC(=O)CCCCCCc1ccc2ccccc2n1. The van der Waals surface area contributed by atoms with Crippen LogP contribution < -0.4 is 5.48 Å². The van der Waals surface area contributed by atoms with E-state index < -0.39 is 5.97 Å². The number of nitrogens with one attached hydrogen (secondary N) is 1. The minimum Gasteiger partial charge on any atom is -0.341 e. The Morgan fingerprint density at radius 2 is 1.83 bits per heavy atom. The second kappa shape index (κ2) is 8.88. The van der Waals surface area contributed by atoms with Gasteiger partial charge < -0.3 is 4.84 Å². The number of carbonyl (C=O) groups excluding carboxylic acids is 2. The minimum absolute atomic E-state index is 0.253. The Labute approximate surface area is 136 Å². The average Bonchev–Trinajstić information content (AvgIpc) is 2.56. The van der Waals surface area contributed by atoms with Crippen molar-refractivity contribution in [1.82, 2.24) is 10.5 Å². The molecule has 0 unspecified atom stereocenters. The Hall–Kier alpha value is -2.43. The fraction of sp³-hybridized carbons (Fsp3) is 0.389. The average molecular weight is 314 g/mol. The maximum Gasteiger partial charge on any atom is 0.329 e. The van der Waals surface area contributed by atoms with Gasteiger partial charge in [0.2, 0.25) is 0 Å². The van der Waals surface area contributed by atoms with E-state index >= 15 is 0 Å². The molecule has 0 saturated carbocycles. The summed E-state index contributed by atoms with van der Waals surface area (Å²) in [4.78, 5) is 30.9. The zero-order valence-corrected chi connectivity index (χ0v) is 13.4. The van der Waals surface area contributed by atoms with Crippen molar-refractivity contribution in [3.05, 3.63) is 42.1 Å². The molecule has 0 fully saturated rings. The smallest absolute Gasteiger partial charge is 0.329 e. The van der Waals surface area contributed by atoms with Gasteiger partial charge in [-0.2, -0.15) is 5.48 Å². The van der Waals surface area contributed by atoms with Gasteiger partial charge in [0.1, 0.15) is 0 Å². The molecule has 0 atom stereocenters. The molecule has 1 aromatic carbocycles. The summed E-state index contributed by atoms with van der Waals surface area (Å²) in [5.41, 5.74) is 4.26. The van der Waals surface area contributed by atoms with Crippen molar-refractivity contribution >= 4 is 22.8 Å². The van der Waals surface area contributed by atoms with Crippen molar-refractivity contribution in [3.8, 4) is 0 Å². The number of aromatic nitrogens is 1. The van der Waals surface area contributed by atoms with E-state index in [1.54, 1.807) is 0 Å². The second-order valence-corrected chi connectivity index (χ2v) is 5.53. The van der Waals surface area contributed by atoms with E-state index in [0.717, 1.165) is 48.7 Å². The van der Waals surface area contributed by atoms with Crippen molar-refractivity contribution in [2.45, 2.75) is 45.4 Å². The standard InChI is InChI=1S/C18H22N2O3/c1-14(21)23-20-18(22)11-5-3-2-4-9-16-13-12-15-8-6-7-10-17(15)19-16/h6-8,10,12-13H,2-5,9,11H2,1H3,(H,20,22). The third-order valence-electron chi connectivity index (χ3n) is 3.55. The van der Waals surface area contributed by atoms with E-state index in [4.69, 9.17) is 0 Å². The number of fused-ring (bicyclic) bond motifs is 1. The number of hydrogen-bond acceptors (Lipinski definition) is 4. The molecule has 0 aliphatic heterocycles. The van der Waals surface area contributed by atoms with E-state index in [1.165, 1.54) is 6.92 Å². The number of amides is 1. The molecule has 1 aromatic heterocycles. The number of aryl methyl sites for hydroxylation is 1. The maximum absolute atomic E-state index is 11.3. The highest BCUT2D eigenvalue weighted by Crippen LogP contribution is 2.14. The molecule has 5 heteroatoms. The monoisotopic (exact) mass is 314 g/mol. The topological polar surface area (TPSA) is 68.3 Å². The fourth-order valence-electron chi connectivity index (χ4n) is 2.37. The number of hydroxylamine groups is 1. The van der Waals surface area contributed by atoms with Crippen molar-refractivity contribution in [3.63, 3.8) is 0 Å². The Morgan fingerprint density at radius 1 is 1.04 bits per heavy atom. The van der Waals surface area contributed by atoms with Gasteiger partial charge in [-0.3, -0.25) is 14.6 Å². The Balaban J connectivity index is 1.61. The molecule has 2 aromatic rings. The normalized spacial score (nSPS) is 10.5. The molecule has 1 heterocycles. The van der Waals surface area contributed by atoms with Crippen molar-refractivity contribution in [2.24, 2.45) is 0 Å². The molecule has 23 heavy (non-hydrogen) atoms. The van der Waals surface area contributed by atoms with Crippen molar-refractivity contribution in [2.75, 3.05) is 0 Å².